The quantitative estimate of drug-likeness (QED) is 0.668. The molecule has 2 aromatic carbocycles. The Balaban J connectivity index is 2.17. The molecule has 2 aromatic rings. The van der Waals surface area contributed by atoms with E-state index in [1.54, 1.807) is 11.1 Å². The van der Waals surface area contributed by atoms with Crippen LogP contribution in [0.2, 0.25) is 0 Å². The van der Waals surface area contributed by atoms with Crippen LogP contribution in [0.5, 0.6) is 0 Å². The molecule has 0 amide bonds. The third-order valence-corrected chi connectivity index (χ3v) is 4.65. The van der Waals surface area contributed by atoms with Gasteiger partial charge in [0.2, 0.25) is 0 Å². The maximum Gasteiger partial charge on any atom is 0.0101 e. The summed E-state index contributed by atoms with van der Waals surface area (Å²) in [5.41, 5.74) is 10.5. The van der Waals surface area contributed by atoms with Gasteiger partial charge in [-0.25, -0.2) is 0 Å². The van der Waals surface area contributed by atoms with Gasteiger partial charge in [0.1, 0.15) is 0 Å². The van der Waals surface area contributed by atoms with E-state index in [0.29, 0.717) is 5.92 Å². The number of benzene rings is 2. The molecule has 3 rings (SSSR count). The minimum atomic E-state index is 0.606. The predicted molar refractivity (Wildman–Crippen MR) is 82.0 cm³/mol. The monoisotopic (exact) mass is 250 g/mol. The second-order valence-corrected chi connectivity index (χ2v) is 6.04. The molecule has 0 heteroatoms. The van der Waals surface area contributed by atoms with Crippen molar-refractivity contribution in [3.8, 4) is 0 Å². The van der Waals surface area contributed by atoms with Gasteiger partial charge in [-0.2, -0.15) is 0 Å². The number of hydrogen-bond acceptors (Lipinski definition) is 0. The van der Waals surface area contributed by atoms with Crippen LogP contribution < -0.4 is 0 Å². The number of hydrogen-bond donors (Lipinski definition) is 0. The first-order valence-corrected chi connectivity index (χ1v) is 7.24. The van der Waals surface area contributed by atoms with Crippen LogP contribution in [-0.4, -0.2) is 0 Å². The zero-order valence-corrected chi connectivity index (χ0v) is 12.4. The molecular weight excluding hydrogens is 228 g/mol. The molecule has 98 valence electrons. The molecule has 0 heterocycles. The zero-order chi connectivity index (χ0) is 13.6. The summed E-state index contributed by atoms with van der Waals surface area (Å²) in [6, 6.07) is 11.4. The molecule has 0 saturated heterocycles. The Labute approximate surface area is 116 Å². The fraction of sp³-hybridized carbons (Fsp3) is 0.368. The van der Waals surface area contributed by atoms with Crippen LogP contribution in [0.3, 0.4) is 0 Å². The lowest BCUT2D eigenvalue weighted by molar-refractivity contribution is 0.778. The van der Waals surface area contributed by atoms with Crippen LogP contribution in [0.1, 0.15) is 51.3 Å². The third-order valence-electron chi connectivity index (χ3n) is 4.65. The average Bonchev–Trinajstić information content (AvgIpc) is 2.83. The van der Waals surface area contributed by atoms with Gasteiger partial charge in [0.05, 0.1) is 0 Å². The van der Waals surface area contributed by atoms with Gasteiger partial charge in [-0.05, 0) is 73.9 Å². The van der Waals surface area contributed by atoms with Crippen LogP contribution >= 0.6 is 0 Å². The van der Waals surface area contributed by atoms with E-state index in [1.807, 2.05) is 0 Å². The standard InChI is InChI=1S/C19H22/c1-12-5-6-14(3)18(11-12)17-10-9-16-13(2)7-8-15(4)19(16)17/h5-8,11,17H,9-10H2,1-4H3. The summed E-state index contributed by atoms with van der Waals surface area (Å²) < 4.78 is 0. The van der Waals surface area contributed by atoms with Crippen LogP contribution in [-0.2, 0) is 6.42 Å². The van der Waals surface area contributed by atoms with Crippen molar-refractivity contribution in [2.24, 2.45) is 0 Å². The van der Waals surface area contributed by atoms with E-state index in [9.17, 15) is 0 Å². The van der Waals surface area contributed by atoms with Gasteiger partial charge in [-0.3, -0.25) is 0 Å². The molecule has 0 N–H and O–H groups in total. The van der Waals surface area contributed by atoms with Crippen molar-refractivity contribution in [1.29, 1.82) is 0 Å². The molecule has 0 saturated carbocycles. The predicted octanol–water partition coefficient (Wildman–Crippen LogP) is 5.00. The van der Waals surface area contributed by atoms with Crippen molar-refractivity contribution < 1.29 is 0 Å². The van der Waals surface area contributed by atoms with Crippen molar-refractivity contribution >= 4 is 0 Å². The molecule has 0 bridgehead atoms. The van der Waals surface area contributed by atoms with Gasteiger partial charge in [0.25, 0.3) is 0 Å². The van der Waals surface area contributed by atoms with E-state index < -0.39 is 0 Å². The maximum absolute atomic E-state index is 2.39. The number of rotatable bonds is 1. The summed E-state index contributed by atoms with van der Waals surface area (Å²) in [5, 5.41) is 0. The van der Waals surface area contributed by atoms with E-state index in [-0.39, 0.29) is 0 Å². The Morgan fingerprint density at radius 3 is 2.32 bits per heavy atom. The molecular formula is C19H22. The maximum atomic E-state index is 2.39. The second kappa shape index (κ2) is 4.52. The first-order valence-electron chi connectivity index (χ1n) is 7.24. The van der Waals surface area contributed by atoms with Crippen LogP contribution in [0.25, 0.3) is 0 Å². The van der Waals surface area contributed by atoms with Gasteiger partial charge in [0, 0.05) is 5.92 Å². The third kappa shape index (κ3) is 2.00. The van der Waals surface area contributed by atoms with Crippen LogP contribution in [0.4, 0.5) is 0 Å². The highest BCUT2D eigenvalue weighted by atomic mass is 14.3. The van der Waals surface area contributed by atoms with Gasteiger partial charge >= 0.3 is 0 Å². The van der Waals surface area contributed by atoms with Crippen LogP contribution in [0.15, 0.2) is 30.3 Å². The fourth-order valence-corrected chi connectivity index (χ4v) is 3.59. The van der Waals surface area contributed by atoms with Crippen molar-refractivity contribution in [3.63, 3.8) is 0 Å². The second-order valence-electron chi connectivity index (χ2n) is 6.04. The van der Waals surface area contributed by atoms with Gasteiger partial charge < -0.3 is 0 Å². The first kappa shape index (κ1) is 12.5. The van der Waals surface area contributed by atoms with E-state index in [4.69, 9.17) is 0 Å². The molecule has 1 aliphatic carbocycles. The molecule has 0 fully saturated rings. The summed E-state index contributed by atoms with van der Waals surface area (Å²) in [6.45, 7) is 8.96. The van der Waals surface area contributed by atoms with Gasteiger partial charge in [0.15, 0.2) is 0 Å². The highest BCUT2D eigenvalue weighted by Gasteiger charge is 2.27. The highest BCUT2D eigenvalue weighted by molar-refractivity contribution is 5.51. The molecule has 19 heavy (non-hydrogen) atoms. The topological polar surface area (TPSA) is 0 Å². The lowest BCUT2D eigenvalue weighted by Gasteiger charge is -2.18. The number of aryl methyl sites for hydroxylation is 4. The molecule has 0 aliphatic heterocycles. The summed E-state index contributed by atoms with van der Waals surface area (Å²) in [5.74, 6) is 0.606. The first-order chi connectivity index (χ1) is 9.08. The molecule has 1 unspecified atom stereocenters. The molecule has 0 radical (unpaired) electrons. The smallest absolute Gasteiger partial charge is 0.0101 e. The Bertz CT molecular complexity index is 635. The van der Waals surface area contributed by atoms with Crippen molar-refractivity contribution in [2.75, 3.05) is 0 Å². The zero-order valence-electron chi connectivity index (χ0n) is 12.4. The van der Waals surface area contributed by atoms with Gasteiger partial charge in [-0.15, -0.1) is 0 Å². The largest absolute Gasteiger partial charge is 0.0590 e. The minimum Gasteiger partial charge on any atom is -0.0590 e. The summed E-state index contributed by atoms with van der Waals surface area (Å²) >= 11 is 0. The van der Waals surface area contributed by atoms with E-state index in [0.717, 1.165) is 0 Å². The summed E-state index contributed by atoms with van der Waals surface area (Å²) in [4.78, 5) is 0. The Hall–Kier alpha value is -1.56. The molecule has 1 atom stereocenters. The van der Waals surface area contributed by atoms with Crippen molar-refractivity contribution in [3.05, 3.63) is 69.3 Å². The van der Waals surface area contributed by atoms with Gasteiger partial charge in [-0.1, -0.05) is 35.9 Å². The molecule has 1 aliphatic rings. The van der Waals surface area contributed by atoms with E-state index in [1.165, 1.54) is 40.7 Å². The summed E-state index contributed by atoms with van der Waals surface area (Å²) in [6.07, 6.45) is 2.51. The Morgan fingerprint density at radius 2 is 1.53 bits per heavy atom. The SMILES string of the molecule is Cc1ccc(C)c(C2CCc3c(C)ccc(C)c32)c1. The molecule has 0 nitrogen and oxygen atoms in total. The van der Waals surface area contributed by atoms with E-state index >= 15 is 0 Å². The lowest BCUT2D eigenvalue weighted by Crippen LogP contribution is -2.02. The van der Waals surface area contributed by atoms with E-state index in [2.05, 4.69) is 58.0 Å². The Morgan fingerprint density at radius 1 is 0.842 bits per heavy atom. The number of fused-ring (bicyclic) bond motifs is 1. The molecule has 0 aromatic heterocycles. The highest BCUT2D eigenvalue weighted by Crippen LogP contribution is 2.42. The minimum absolute atomic E-state index is 0.606. The lowest BCUT2D eigenvalue weighted by atomic mass is 9.86. The van der Waals surface area contributed by atoms with Crippen LogP contribution in [0, 0.1) is 27.7 Å². The average molecular weight is 250 g/mol. The van der Waals surface area contributed by atoms with Crippen molar-refractivity contribution in [2.45, 2.75) is 46.5 Å². The van der Waals surface area contributed by atoms with Crippen molar-refractivity contribution in [1.82, 2.24) is 0 Å². The summed E-state index contributed by atoms with van der Waals surface area (Å²) in [7, 11) is 0. The fourth-order valence-electron chi connectivity index (χ4n) is 3.59. The molecule has 0 spiro atoms. The Kier molecular flexibility index (Phi) is 2.97. The normalized spacial score (nSPS) is 17.6.